The number of likely N-dealkylation sites (tertiary alicyclic amines) is 1. The van der Waals surface area contributed by atoms with Crippen molar-refractivity contribution in [3.63, 3.8) is 0 Å². The summed E-state index contributed by atoms with van der Waals surface area (Å²) in [5, 5.41) is 9.29. The van der Waals surface area contributed by atoms with Gasteiger partial charge < -0.3 is 19.5 Å². The van der Waals surface area contributed by atoms with Crippen LogP contribution in [0.15, 0.2) is 18.2 Å². The highest BCUT2D eigenvalue weighted by atomic mass is 16.5. The number of carboxylic acids is 1. The number of nitrogens with zero attached hydrogens (tertiary/aromatic N) is 1. The molecule has 1 heterocycles. The molecule has 0 aliphatic carbocycles. The minimum atomic E-state index is -0.875. The van der Waals surface area contributed by atoms with Gasteiger partial charge in [-0.2, -0.15) is 0 Å². The summed E-state index contributed by atoms with van der Waals surface area (Å²) in [6.45, 7) is 7.00. The van der Waals surface area contributed by atoms with Crippen LogP contribution in [0.2, 0.25) is 0 Å². The Labute approximate surface area is 142 Å². The molecule has 0 bridgehead atoms. The van der Waals surface area contributed by atoms with Crippen molar-refractivity contribution in [2.24, 2.45) is 11.3 Å². The molecule has 0 aromatic heterocycles. The fraction of sp³-hybridized carbons (Fsp3) is 0.556. The van der Waals surface area contributed by atoms with Gasteiger partial charge in [0.25, 0.3) is 5.91 Å². The molecular weight excluding hydrogens is 310 g/mol. The molecule has 24 heavy (non-hydrogen) atoms. The largest absolute Gasteiger partial charge is 0.493 e. The predicted molar refractivity (Wildman–Crippen MR) is 89.6 cm³/mol. The second-order valence-corrected chi connectivity index (χ2v) is 6.91. The molecule has 0 radical (unpaired) electrons. The molecule has 1 fully saturated rings. The monoisotopic (exact) mass is 335 g/mol. The summed E-state index contributed by atoms with van der Waals surface area (Å²) in [4.78, 5) is 25.5. The highest BCUT2D eigenvalue weighted by Gasteiger charge is 2.42. The van der Waals surface area contributed by atoms with E-state index in [0.29, 0.717) is 42.6 Å². The molecule has 6 heteroatoms. The van der Waals surface area contributed by atoms with Crippen molar-refractivity contribution in [1.29, 1.82) is 0 Å². The van der Waals surface area contributed by atoms with E-state index < -0.39 is 11.4 Å². The Balaban J connectivity index is 2.14. The highest BCUT2D eigenvalue weighted by Crippen LogP contribution is 2.33. The summed E-state index contributed by atoms with van der Waals surface area (Å²) < 4.78 is 11.0. The van der Waals surface area contributed by atoms with Gasteiger partial charge in [-0.05, 0) is 37.5 Å². The first kappa shape index (κ1) is 18.1. The van der Waals surface area contributed by atoms with Crippen molar-refractivity contribution in [2.45, 2.75) is 27.2 Å². The van der Waals surface area contributed by atoms with E-state index in [4.69, 9.17) is 9.47 Å². The topological polar surface area (TPSA) is 76.1 Å². The number of carboxylic acid groups (broad SMARTS) is 1. The molecule has 2 rings (SSSR count). The number of methoxy groups -OCH3 is 1. The number of ether oxygens (including phenoxy) is 2. The van der Waals surface area contributed by atoms with E-state index in [1.165, 1.54) is 7.11 Å². The van der Waals surface area contributed by atoms with E-state index in [9.17, 15) is 14.7 Å². The fourth-order valence-corrected chi connectivity index (χ4v) is 2.67. The van der Waals surface area contributed by atoms with Gasteiger partial charge in [-0.3, -0.25) is 9.59 Å². The molecule has 1 aromatic rings. The van der Waals surface area contributed by atoms with Crippen LogP contribution in [-0.2, 0) is 4.79 Å². The highest BCUT2D eigenvalue weighted by molar-refractivity contribution is 5.95. The zero-order chi connectivity index (χ0) is 17.9. The smallest absolute Gasteiger partial charge is 0.311 e. The van der Waals surface area contributed by atoms with Gasteiger partial charge in [0.1, 0.15) is 0 Å². The van der Waals surface area contributed by atoms with Crippen LogP contribution in [0.5, 0.6) is 11.5 Å². The molecular formula is C18H25NO5. The number of hydrogen-bond donors (Lipinski definition) is 1. The Morgan fingerprint density at radius 3 is 2.58 bits per heavy atom. The molecule has 0 spiro atoms. The third-order valence-corrected chi connectivity index (χ3v) is 4.26. The average molecular weight is 335 g/mol. The third-order valence-electron chi connectivity index (χ3n) is 4.26. The van der Waals surface area contributed by atoms with E-state index in [1.807, 2.05) is 0 Å². The normalized spacial score (nSPS) is 20.3. The summed E-state index contributed by atoms with van der Waals surface area (Å²) in [5.74, 6) is 0.428. The summed E-state index contributed by atoms with van der Waals surface area (Å²) in [6, 6.07) is 5.06. The number of rotatable bonds is 6. The van der Waals surface area contributed by atoms with Gasteiger partial charge in [0.15, 0.2) is 11.5 Å². The molecule has 0 saturated carbocycles. The number of carbonyl (C=O) groups is 2. The fourth-order valence-electron chi connectivity index (χ4n) is 2.67. The van der Waals surface area contributed by atoms with Gasteiger partial charge in [0, 0.05) is 18.7 Å². The first-order valence-electron chi connectivity index (χ1n) is 8.10. The Hall–Kier alpha value is -2.24. The lowest BCUT2D eigenvalue weighted by atomic mass is 9.90. The van der Waals surface area contributed by atoms with Crippen LogP contribution < -0.4 is 9.47 Å². The summed E-state index contributed by atoms with van der Waals surface area (Å²) in [5.41, 5.74) is -0.404. The molecule has 1 amide bonds. The van der Waals surface area contributed by atoms with Crippen LogP contribution in [0.25, 0.3) is 0 Å². The van der Waals surface area contributed by atoms with Crippen LogP contribution in [0, 0.1) is 11.3 Å². The van der Waals surface area contributed by atoms with Crippen molar-refractivity contribution in [3.8, 4) is 11.5 Å². The summed E-state index contributed by atoms with van der Waals surface area (Å²) in [7, 11) is 1.53. The van der Waals surface area contributed by atoms with E-state index in [-0.39, 0.29) is 12.5 Å². The molecule has 1 aromatic carbocycles. The lowest BCUT2D eigenvalue weighted by molar-refractivity contribution is -0.147. The zero-order valence-corrected chi connectivity index (χ0v) is 14.7. The SMILES string of the molecule is COc1cc(C(=O)N2CCC(C)(C(=O)O)C2)ccc1OCC(C)C. The zero-order valence-electron chi connectivity index (χ0n) is 14.7. The van der Waals surface area contributed by atoms with Crippen molar-refractivity contribution >= 4 is 11.9 Å². The molecule has 1 atom stereocenters. The number of hydrogen-bond acceptors (Lipinski definition) is 4. The minimum Gasteiger partial charge on any atom is -0.493 e. The van der Waals surface area contributed by atoms with Gasteiger partial charge in [0.05, 0.1) is 19.1 Å². The minimum absolute atomic E-state index is 0.186. The maximum Gasteiger partial charge on any atom is 0.311 e. The Kier molecular flexibility index (Phi) is 5.36. The summed E-state index contributed by atoms with van der Waals surface area (Å²) >= 11 is 0. The predicted octanol–water partition coefficient (Wildman–Crippen LogP) is 2.67. The molecule has 132 valence electrons. The molecule has 1 N–H and O–H groups in total. The van der Waals surface area contributed by atoms with Crippen LogP contribution in [0.1, 0.15) is 37.6 Å². The standard InChI is InChI=1S/C18H25NO5/c1-12(2)10-24-14-6-5-13(9-15(14)23-4)16(20)19-8-7-18(3,11-19)17(21)22/h5-6,9,12H,7-8,10-11H2,1-4H3,(H,21,22). The van der Waals surface area contributed by atoms with Gasteiger partial charge >= 0.3 is 5.97 Å². The molecule has 1 aliphatic heterocycles. The Bertz CT molecular complexity index is 628. The first-order valence-corrected chi connectivity index (χ1v) is 8.10. The quantitative estimate of drug-likeness (QED) is 0.865. The van der Waals surface area contributed by atoms with Crippen molar-refractivity contribution in [2.75, 3.05) is 26.8 Å². The van der Waals surface area contributed by atoms with Crippen LogP contribution in [0.4, 0.5) is 0 Å². The molecule has 1 unspecified atom stereocenters. The molecule has 6 nitrogen and oxygen atoms in total. The number of carbonyl (C=O) groups excluding carboxylic acids is 1. The Morgan fingerprint density at radius 2 is 2.04 bits per heavy atom. The molecule has 1 saturated heterocycles. The second kappa shape index (κ2) is 7.11. The second-order valence-electron chi connectivity index (χ2n) is 6.91. The van der Waals surface area contributed by atoms with Gasteiger partial charge in [-0.15, -0.1) is 0 Å². The van der Waals surface area contributed by atoms with Gasteiger partial charge in [-0.25, -0.2) is 0 Å². The number of aliphatic carboxylic acids is 1. The van der Waals surface area contributed by atoms with Crippen LogP contribution in [0.3, 0.4) is 0 Å². The lowest BCUT2D eigenvalue weighted by Crippen LogP contribution is -2.34. The van der Waals surface area contributed by atoms with Crippen molar-refractivity contribution in [1.82, 2.24) is 4.90 Å². The Morgan fingerprint density at radius 1 is 1.33 bits per heavy atom. The van der Waals surface area contributed by atoms with Gasteiger partial charge in [-0.1, -0.05) is 13.8 Å². The van der Waals surface area contributed by atoms with E-state index in [0.717, 1.165) is 0 Å². The third kappa shape index (κ3) is 3.80. The van der Waals surface area contributed by atoms with Crippen molar-refractivity contribution in [3.05, 3.63) is 23.8 Å². The van der Waals surface area contributed by atoms with Crippen LogP contribution >= 0.6 is 0 Å². The van der Waals surface area contributed by atoms with E-state index >= 15 is 0 Å². The number of amides is 1. The lowest BCUT2D eigenvalue weighted by Gasteiger charge is -2.21. The molecule has 1 aliphatic rings. The first-order chi connectivity index (χ1) is 11.3. The maximum absolute atomic E-state index is 12.6. The maximum atomic E-state index is 12.6. The summed E-state index contributed by atoms with van der Waals surface area (Å²) in [6.07, 6.45) is 0.459. The number of benzene rings is 1. The van der Waals surface area contributed by atoms with Crippen molar-refractivity contribution < 1.29 is 24.2 Å². The van der Waals surface area contributed by atoms with E-state index in [1.54, 1.807) is 30.0 Å². The average Bonchev–Trinajstić information content (AvgIpc) is 2.96. The van der Waals surface area contributed by atoms with Crippen LogP contribution in [-0.4, -0.2) is 48.7 Å². The van der Waals surface area contributed by atoms with E-state index in [2.05, 4.69) is 13.8 Å². The van der Waals surface area contributed by atoms with Gasteiger partial charge in [0.2, 0.25) is 0 Å².